The van der Waals surface area contributed by atoms with Crippen LogP contribution in [0.2, 0.25) is 0 Å². The molecule has 1 heterocycles. The lowest BCUT2D eigenvalue weighted by molar-refractivity contribution is -0.138. The Labute approximate surface area is 158 Å². The topological polar surface area (TPSA) is 69.7 Å². The Kier molecular flexibility index (Phi) is 4.99. The molecule has 2 aromatic carbocycles. The summed E-state index contributed by atoms with van der Waals surface area (Å²) in [6.45, 7) is 3.78. The smallest absolute Gasteiger partial charge is 0.325 e. The van der Waals surface area contributed by atoms with E-state index in [1.165, 1.54) is 4.90 Å². The lowest BCUT2D eigenvalue weighted by atomic mass is 9.92. The number of hydrogen-bond donors (Lipinski definition) is 1. The maximum Gasteiger partial charge on any atom is 0.325 e. The molecule has 1 aliphatic rings. The quantitative estimate of drug-likeness (QED) is 0.828. The van der Waals surface area contributed by atoms with E-state index in [2.05, 4.69) is 5.32 Å². The molecule has 0 spiro atoms. The van der Waals surface area contributed by atoms with Gasteiger partial charge in [-0.15, -0.1) is 0 Å². The van der Waals surface area contributed by atoms with Crippen LogP contribution in [0.5, 0.6) is 0 Å². The zero-order chi connectivity index (χ0) is 19.6. The fourth-order valence-corrected chi connectivity index (χ4v) is 3.19. The minimum Gasteiger partial charge on any atom is -0.340 e. The minimum atomic E-state index is -1.16. The Morgan fingerprint density at radius 1 is 1.07 bits per heavy atom. The summed E-state index contributed by atoms with van der Waals surface area (Å²) in [6.07, 6.45) is 0. The second kappa shape index (κ2) is 7.23. The average Bonchev–Trinajstić information content (AvgIpc) is 2.88. The van der Waals surface area contributed by atoms with Gasteiger partial charge in [-0.05, 0) is 30.5 Å². The maximum absolute atomic E-state index is 12.9. The van der Waals surface area contributed by atoms with E-state index in [-0.39, 0.29) is 12.5 Å². The fraction of sp³-hybridized carbons (Fsp3) is 0.286. The van der Waals surface area contributed by atoms with Gasteiger partial charge < -0.3 is 10.2 Å². The number of imide groups is 1. The van der Waals surface area contributed by atoms with Gasteiger partial charge in [0.2, 0.25) is 5.91 Å². The molecule has 2 aromatic rings. The molecule has 1 fully saturated rings. The molecule has 1 aliphatic heterocycles. The van der Waals surface area contributed by atoms with Crippen molar-refractivity contribution >= 4 is 17.8 Å². The molecular weight excluding hydrogens is 342 g/mol. The van der Waals surface area contributed by atoms with Crippen LogP contribution >= 0.6 is 0 Å². The van der Waals surface area contributed by atoms with E-state index >= 15 is 0 Å². The molecule has 6 nitrogen and oxygen atoms in total. The second-order valence-corrected chi connectivity index (χ2v) is 6.99. The van der Waals surface area contributed by atoms with Crippen LogP contribution in [0.1, 0.15) is 23.6 Å². The normalized spacial score (nSPS) is 19.1. The van der Waals surface area contributed by atoms with Crippen LogP contribution < -0.4 is 5.32 Å². The predicted molar refractivity (Wildman–Crippen MR) is 102 cm³/mol. The Morgan fingerprint density at radius 3 is 2.37 bits per heavy atom. The predicted octanol–water partition coefficient (Wildman–Crippen LogP) is 2.42. The summed E-state index contributed by atoms with van der Waals surface area (Å²) < 4.78 is 0. The summed E-state index contributed by atoms with van der Waals surface area (Å²) in [6, 6.07) is 16.3. The van der Waals surface area contributed by atoms with Gasteiger partial charge >= 0.3 is 6.03 Å². The first-order chi connectivity index (χ1) is 12.8. The highest BCUT2D eigenvalue weighted by molar-refractivity contribution is 6.09. The minimum absolute atomic E-state index is 0.282. The van der Waals surface area contributed by atoms with Crippen LogP contribution in [0, 0.1) is 6.92 Å². The fourth-order valence-electron chi connectivity index (χ4n) is 3.19. The molecule has 140 valence electrons. The summed E-state index contributed by atoms with van der Waals surface area (Å²) in [7, 11) is 1.67. The van der Waals surface area contributed by atoms with Crippen molar-refractivity contribution in [2.75, 3.05) is 13.6 Å². The van der Waals surface area contributed by atoms with Crippen molar-refractivity contribution in [3.63, 3.8) is 0 Å². The molecule has 3 rings (SSSR count). The first-order valence-electron chi connectivity index (χ1n) is 8.81. The lowest BCUT2D eigenvalue weighted by Gasteiger charge is -2.23. The van der Waals surface area contributed by atoms with Gasteiger partial charge in [-0.25, -0.2) is 4.79 Å². The SMILES string of the molecule is Cc1ccccc1CN(C)C(=O)CN1C(=O)N[C@](C)(c2ccccc2)C1=O. The number of likely N-dealkylation sites (N-methyl/N-ethyl adjacent to an activating group) is 1. The van der Waals surface area contributed by atoms with Crippen molar-refractivity contribution in [1.82, 2.24) is 15.1 Å². The molecule has 4 amide bonds. The number of rotatable bonds is 5. The molecule has 6 heteroatoms. The summed E-state index contributed by atoms with van der Waals surface area (Å²) in [4.78, 5) is 40.4. The Balaban J connectivity index is 1.72. The van der Waals surface area contributed by atoms with Gasteiger partial charge in [-0.1, -0.05) is 54.6 Å². The highest BCUT2D eigenvalue weighted by atomic mass is 16.2. The molecule has 27 heavy (non-hydrogen) atoms. The van der Waals surface area contributed by atoms with E-state index < -0.39 is 17.5 Å². The third-order valence-electron chi connectivity index (χ3n) is 5.01. The number of hydrogen-bond acceptors (Lipinski definition) is 3. The van der Waals surface area contributed by atoms with E-state index in [1.54, 1.807) is 26.1 Å². The van der Waals surface area contributed by atoms with Crippen LogP contribution in [0.3, 0.4) is 0 Å². The molecular formula is C21H23N3O3. The van der Waals surface area contributed by atoms with Crippen molar-refractivity contribution in [3.05, 3.63) is 71.3 Å². The second-order valence-electron chi connectivity index (χ2n) is 6.99. The standard InChI is InChI=1S/C21H23N3O3/c1-15-9-7-8-10-16(15)13-23(3)18(25)14-24-19(26)21(2,22-20(24)27)17-11-5-4-6-12-17/h4-12H,13-14H2,1-3H3,(H,22,27)/t21-/m1/s1. The summed E-state index contributed by atoms with van der Waals surface area (Å²) in [5, 5.41) is 2.72. The molecule has 0 aromatic heterocycles. The van der Waals surface area contributed by atoms with Gasteiger partial charge in [0.05, 0.1) is 0 Å². The van der Waals surface area contributed by atoms with Gasteiger partial charge in [-0.3, -0.25) is 14.5 Å². The van der Waals surface area contributed by atoms with E-state index in [0.717, 1.165) is 16.0 Å². The first-order valence-corrected chi connectivity index (χ1v) is 8.81. The van der Waals surface area contributed by atoms with Crippen LogP contribution in [0.15, 0.2) is 54.6 Å². The Morgan fingerprint density at radius 2 is 1.70 bits per heavy atom. The number of amides is 4. The van der Waals surface area contributed by atoms with Crippen LogP contribution in [0.4, 0.5) is 4.79 Å². The average molecular weight is 365 g/mol. The molecule has 0 saturated carbocycles. The zero-order valence-electron chi connectivity index (χ0n) is 15.7. The molecule has 0 bridgehead atoms. The van der Waals surface area contributed by atoms with E-state index in [0.29, 0.717) is 12.1 Å². The van der Waals surface area contributed by atoms with Crippen molar-refractivity contribution in [3.8, 4) is 0 Å². The Hall–Kier alpha value is -3.15. The number of benzene rings is 2. The third kappa shape index (κ3) is 3.56. The molecule has 1 atom stereocenters. The molecule has 0 aliphatic carbocycles. The summed E-state index contributed by atoms with van der Waals surface area (Å²) >= 11 is 0. The van der Waals surface area contributed by atoms with Crippen molar-refractivity contribution < 1.29 is 14.4 Å². The van der Waals surface area contributed by atoms with Gasteiger partial charge in [-0.2, -0.15) is 0 Å². The van der Waals surface area contributed by atoms with Gasteiger partial charge in [0.15, 0.2) is 0 Å². The largest absolute Gasteiger partial charge is 0.340 e. The number of carbonyl (C=O) groups is 3. The maximum atomic E-state index is 12.9. The van der Waals surface area contributed by atoms with Gasteiger partial charge in [0.25, 0.3) is 5.91 Å². The third-order valence-corrected chi connectivity index (χ3v) is 5.01. The Bertz CT molecular complexity index is 881. The number of aryl methyl sites for hydroxylation is 1. The van der Waals surface area contributed by atoms with E-state index in [4.69, 9.17) is 0 Å². The molecule has 1 N–H and O–H groups in total. The summed E-state index contributed by atoms with van der Waals surface area (Å²) in [5.74, 6) is -0.713. The number of urea groups is 1. The zero-order valence-corrected chi connectivity index (χ0v) is 15.7. The number of carbonyl (C=O) groups excluding carboxylic acids is 3. The van der Waals surface area contributed by atoms with Crippen molar-refractivity contribution in [2.45, 2.75) is 25.9 Å². The highest BCUT2D eigenvalue weighted by Crippen LogP contribution is 2.28. The van der Waals surface area contributed by atoms with E-state index in [9.17, 15) is 14.4 Å². The first kappa shape index (κ1) is 18.6. The molecule has 1 saturated heterocycles. The van der Waals surface area contributed by atoms with Crippen LogP contribution in [-0.4, -0.2) is 41.2 Å². The molecule has 0 radical (unpaired) electrons. The van der Waals surface area contributed by atoms with Crippen LogP contribution in [-0.2, 0) is 21.7 Å². The monoisotopic (exact) mass is 365 g/mol. The highest BCUT2D eigenvalue weighted by Gasteiger charge is 2.49. The van der Waals surface area contributed by atoms with E-state index in [1.807, 2.05) is 49.4 Å². The van der Waals surface area contributed by atoms with Crippen molar-refractivity contribution in [1.29, 1.82) is 0 Å². The number of nitrogens with one attached hydrogen (secondary N) is 1. The van der Waals surface area contributed by atoms with Crippen LogP contribution in [0.25, 0.3) is 0 Å². The molecule has 0 unspecified atom stereocenters. The summed E-state index contributed by atoms with van der Waals surface area (Å²) in [5.41, 5.74) is 1.64. The van der Waals surface area contributed by atoms with Crippen molar-refractivity contribution in [2.24, 2.45) is 0 Å². The lowest BCUT2D eigenvalue weighted by Crippen LogP contribution is -2.43. The number of nitrogens with zero attached hydrogens (tertiary/aromatic N) is 2. The van der Waals surface area contributed by atoms with Gasteiger partial charge in [0.1, 0.15) is 12.1 Å². The van der Waals surface area contributed by atoms with Gasteiger partial charge in [0, 0.05) is 13.6 Å².